The zero-order valence-corrected chi connectivity index (χ0v) is 18.5. The molecule has 0 aromatic heterocycles. The monoisotopic (exact) mass is 478 g/mol. The summed E-state index contributed by atoms with van der Waals surface area (Å²) in [7, 11) is -13.4. The molecule has 6 nitrogen and oxygen atoms in total. The molecule has 0 bridgehead atoms. The molecule has 0 spiro atoms. The van der Waals surface area contributed by atoms with E-state index in [0.717, 1.165) is 10.2 Å². The fourth-order valence-corrected chi connectivity index (χ4v) is 4.26. The van der Waals surface area contributed by atoms with Gasteiger partial charge < -0.3 is 4.13 Å². The van der Waals surface area contributed by atoms with Crippen molar-refractivity contribution in [3.05, 3.63) is 16.4 Å². The van der Waals surface area contributed by atoms with Gasteiger partial charge in [0.05, 0.1) is 25.3 Å². The first-order valence-electron chi connectivity index (χ1n) is 8.74. The van der Waals surface area contributed by atoms with Crippen molar-refractivity contribution in [1.29, 1.82) is 0 Å². The number of nitrogens with zero attached hydrogens (tertiary/aromatic N) is 2. The Hall–Kier alpha value is -0.860. The van der Waals surface area contributed by atoms with Crippen LogP contribution in [0.3, 0.4) is 0 Å². The number of hydrogen-bond donors (Lipinski definition) is 0. The summed E-state index contributed by atoms with van der Waals surface area (Å²) in [4.78, 5) is 0. The number of rotatable bonds is 9. The molecule has 176 valence electrons. The molecule has 1 atom stereocenters. The van der Waals surface area contributed by atoms with E-state index in [1.54, 1.807) is 0 Å². The van der Waals surface area contributed by atoms with Crippen LogP contribution in [0, 0.1) is 0 Å². The highest BCUT2D eigenvalue weighted by Gasteiger charge is 2.46. The predicted octanol–water partition coefficient (Wildman–Crippen LogP) is 5.01. The van der Waals surface area contributed by atoms with Gasteiger partial charge in [-0.15, -0.1) is 0 Å². The maximum absolute atomic E-state index is 11.4. The first-order chi connectivity index (χ1) is 12.9. The van der Waals surface area contributed by atoms with E-state index < -0.39 is 31.1 Å². The smallest absolute Gasteiger partial charge is 0.421 e. The normalized spacial score (nSPS) is 15.1. The highest BCUT2D eigenvalue weighted by Crippen LogP contribution is 2.36. The second kappa shape index (κ2) is 11.5. The van der Waals surface area contributed by atoms with E-state index in [1.807, 2.05) is 0 Å². The molecule has 14 heteroatoms. The van der Waals surface area contributed by atoms with Crippen LogP contribution in [0.25, 0.3) is 4.13 Å². The van der Waals surface area contributed by atoms with Crippen LogP contribution in [-0.4, -0.2) is 51.5 Å². The van der Waals surface area contributed by atoms with Crippen molar-refractivity contribution in [3.63, 3.8) is 0 Å². The number of hydrogen-bond acceptors (Lipinski definition) is 4. The van der Waals surface area contributed by atoms with Crippen LogP contribution in [0.4, 0.5) is 26.3 Å². The van der Waals surface area contributed by atoms with Gasteiger partial charge in [-0.2, -0.15) is 26.3 Å². The average molecular weight is 479 g/mol. The van der Waals surface area contributed by atoms with Crippen molar-refractivity contribution in [2.75, 3.05) is 13.1 Å². The Balaban J connectivity index is 0. The van der Waals surface area contributed by atoms with Crippen molar-refractivity contribution in [3.8, 4) is 0 Å². The Morgan fingerprint density at radius 2 is 1.21 bits per heavy atom. The molecule has 0 heterocycles. The van der Waals surface area contributed by atoms with Crippen LogP contribution in [0.15, 0.2) is 12.3 Å². The lowest BCUT2D eigenvalue weighted by Gasteiger charge is -2.40. The molecule has 0 aliphatic heterocycles. The molecule has 0 saturated heterocycles. The van der Waals surface area contributed by atoms with Gasteiger partial charge >= 0.3 is 11.0 Å². The van der Waals surface area contributed by atoms with Crippen LogP contribution in [0.2, 0.25) is 0 Å². The van der Waals surface area contributed by atoms with Crippen LogP contribution >= 0.6 is 0 Å². The number of quaternary nitrogens is 1. The Bertz CT molecular complexity index is 668. The minimum Gasteiger partial charge on any atom is -0.421 e. The first-order valence-corrected chi connectivity index (χ1v) is 11.6. The Morgan fingerprint density at radius 3 is 1.41 bits per heavy atom. The maximum atomic E-state index is 11.4. The van der Waals surface area contributed by atoms with Crippen LogP contribution in [-0.2, 0) is 20.0 Å². The summed E-state index contributed by atoms with van der Waals surface area (Å²) in [6, 6.07) is 0.756. The summed E-state index contributed by atoms with van der Waals surface area (Å²) in [6.07, 6.45) is 8.44. The number of halogens is 6. The molecule has 0 saturated carbocycles. The van der Waals surface area contributed by atoms with E-state index in [0.29, 0.717) is 0 Å². The molecule has 0 rings (SSSR count). The summed E-state index contributed by atoms with van der Waals surface area (Å²) in [5.41, 5.74) is -12.4. The lowest BCUT2D eigenvalue weighted by molar-refractivity contribution is -0.902. The fourth-order valence-electron chi connectivity index (χ4n) is 2.56. The molecular weight excluding hydrogens is 450 g/mol. The zero-order chi connectivity index (χ0) is 23.7. The third-order valence-electron chi connectivity index (χ3n) is 3.98. The summed E-state index contributed by atoms with van der Waals surface area (Å²) in [5.74, 6) is 0. The van der Waals surface area contributed by atoms with Gasteiger partial charge in [0, 0.05) is 0 Å². The van der Waals surface area contributed by atoms with Crippen LogP contribution < -0.4 is 0 Å². The Kier molecular flexibility index (Phi) is 12.0. The Morgan fingerprint density at radius 1 is 0.862 bits per heavy atom. The molecule has 0 N–H and O–H groups in total. The van der Waals surface area contributed by atoms with Crippen molar-refractivity contribution in [1.82, 2.24) is 0 Å². The van der Waals surface area contributed by atoms with E-state index in [9.17, 15) is 43.2 Å². The third kappa shape index (κ3) is 9.22. The molecule has 0 aliphatic rings. The second-order valence-electron chi connectivity index (χ2n) is 6.21. The van der Waals surface area contributed by atoms with Crippen molar-refractivity contribution >= 4 is 20.0 Å². The van der Waals surface area contributed by atoms with Gasteiger partial charge in [0.25, 0.3) is 0 Å². The van der Waals surface area contributed by atoms with Gasteiger partial charge in [0.15, 0.2) is 20.0 Å². The van der Waals surface area contributed by atoms with E-state index in [1.165, 1.54) is 36.8 Å². The summed E-state index contributed by atoms with van der Waals surface area (Å²) in [6.45, 7) is 14.0. The maximum Gasteiger partial charge on any atom is 0.480 e. The van der Waals surface area contributed by atoms with Crippen molar-refractivity contribution < 1.29 is 47.7 Å². The van der Waals surface area contributed by atoms with Crippen molar-refractivity contribution in [2.24, 2.45) is 0 Å². The number of alkyl halides is 6. The SMILES string of the molecule is CC=C[N+](CCC)(CCC)C(C)CC.O=S(=O)([N-]S(=O)(=O)C(F)(F)F)C(F)(F)F. The van der Waals surface area contributed by atoms with Gasteiger partial charge in [-0.05, 0) is 39.2 Å². The van der Waals surface area contributed by atoms with Crippen molar-refractivity contribution in [2.45, 2.75) is 70.9 Å². The second-order valence-corrected chi connectivity index (χ2v) is 9.63. The molecule has 0 radical (unpaired) electrons. The molecule has 0 amide bonds. The summed E-state index contributed by atoms with van der Waals surface area (Å²) < 4.78 is 110. The highest BCUT2D eigenvalue weighted by atomic mass is 32.3. The average Bonchev–Trinajstić information content (AvgIpc) is 2.52. The van der Waals surface area contributed by atoms with E-state index in [-0.39, 0.29) is 0 Å². The third-order valence-corrected chi connectivity index (χ3v) is 6.72. The minimum absolute atomic E-state index is 0.756. The van der Waals surface area contributed by atoms with Gasteiger partial charge in [-0.25, -0.2) is 16.8 Å². The minimum atomic E-state index is -6.72. The van der Waals surface area contributed by atoms with E-state index in [2.05, 4.69) is 46.9 Å². The zero-order valence-electron chi connectivity index (χ0n) is 16.9. The van der Waals surface area contributed by atoms with Gasteiger partial charge in [0.2, 0.25) is 0 Å². The van der Waals surface area contributed by atoms with Gasteiger partial charge in [-0.1, -0.05) is 20.8 Å². The molecule has 0 aliphatic carbocycles. The lowest BCUT2D eigenvalue weighted by Crippen LogP contribution is -2.50. The molecule has 0 aromatic rings. The quantitative estimate of drug-likeness (QED) is 0.344. The van der Waals surface area contributed by atoms with E-state index in [4.69, 9.17) is 0 Å². The summed E-state index contributed by atoms with van der Waals surface area (Å²) in [5, 5.41) is 0. The van der Waals surface area contributed by atoms with Gasteiger partial charge in [0.1, 0.15) is 0 Å². The summed E-state index contributed by atoms with van der Waals surface area (Å²) >= 11 is 0. The fraction of sp³-hybridized carbons (Fsp3) is 0.867. The topological polar surface area (TPSA) is 82.4 Å². The Labute approximate surface area is 168 Å². The molecular formula is C15H28F6N2O4S2. The van der Waals surface area contributed by atoms with Crippen LogP contribution in [0.5, 0.6) is 0 Å². The molecule has 29 heavy (non-hydrogen) atoms. The molecule has 1 unspecified atom stereocenters. The predicted molar refractivity (Wildman–Crippen MR) is 98.5 cm³/mol. The molecule has 0 aromatic carbocycles. The molecule has 0 fully saturated rings. The van der Waals surface area contributed by atoms with Crippen LogP contribution in [0.1, 0.15) is 53.9 Å². The van der Waals surface area contributed by atoms with E-state index >= 15 is 0 Å². The highest BCUT2D eigenvalue weighted by molar-refractivity contribution is 8.13. The van der Waals surface area contributed by atoms with Gasteiger partial charge in [-0.3, -0.25) is 4.48 Å². The standard InChI is InChI=1S/C13H28N.C2F6NO4S2/c1-6-10-14(11-7-2,12-8-3)13(5)9-4;3-1(4,5)14(10,11)9-15(12,13)2(6,7)8/h6,10,13H,7-9,11-12H2,1-5H3;/q+1;-1. The largest absolute Gasteiger partial charge is 0.480 e. The lowest BCUT2D eigenvalue weighted by atomic mass is 10.1. The number of allylic oxidation sites excluding steroid dienone is 1. The number of sulfonamides is 2. The first kappa shape index (κ1) is 30.3.